The fraction of sp³-hybridized carbons (Fsp3) is 0.261. The van der Waals surface area contributed by atoms with Gasteiger partial charge in [-0.2, -0.15) is 0 Å². The van der Waals surface area contributed by atoms with E-state index in [2.05, 4.69) is 10.6 Å². The van der Waals surface area contributed by atoms with Crippen LogP contribution >= 0.6 is 0 Å². The molecule has 0 aliphatic heterocycles. The van der Waals surface area contributed by atoms with E-state index in [9.17, 15) is 19.5 Å². The Kier molecular flexibility index (Phi) is 6.85. The van der Waals surface area contributed by atoms with Crippen LogP contribution in [-0.2, 0) is 20.8 Å². The van der Waals surface area contributed by atoms with Gasteiger partial charge in [0, 0.05) is 11.8 Å². The molecule has 0 radical (unpaired) electrons. The SMILES string of the molecule is COc1cc(NC(=O)[C@@H]2CC=CC[C@@H]2C(=O)O)ccc1NC(=O)Cc1ccccc1. The molecular formula is C23H24N2O5. The second kappa shape index (κ2) is 9.73. The molecule has 2 amide bonds. The van der Waals surface area contributed by atoms with Gasteiger partial charge in [0.25, 0.3) is 0 Å². The molecule has 156 valence electrons. The first-order valence-electron chi connectivity index (χ1n) is 9.68. The number of hydrogen-bond acceptors (Lipinski definition) is 4. The highest BCUT2D eigenvalue weighted by molar-refractivity contribution is 5.97. The van der Waals surface area contributed by atoms with Crippen molar-refractivity contribution in [1.82, 2.24) is 0 Å². The van der Waals surface area contributed by atoms with Crippen molar-refractivity contribution in [2.24, 2.45) is 11.8 Å². The predicted molar refractivity (Wildman–Crippen MR) is 113 cm³/mol. The summed E-state index contributed by atoms with van der Waals surface area (Å²) in [4.78, 5) is 36.4. The monoisotopic (exact) mass is 408 g/mol. The standard InChI is InChI=1S/C23H24N2O5/c1-30-20-14-16(24-22(27)17-9-5-6-10-18(17)23(28)29)11-12-19(20)25-21(26)13-15-7-3-2-4-8-15/h2-8,11-12,14,17-18H,9-10,13H2,1H3,(H,24,27)(H,25,26)(H,28,29)/t17-,18+/m1/s1. The average Bonchev–Trinajstić information content (AvgIpc) is 2.75. The number of amides is 2. The topological polar surface area (TPSA) is 105 Å². The van der Waals surface area contributed by atoms with E-state index in [0.29, 0.717) is 30.0 Å². The normalized spacial score (nSPS) is 17.8. The van der Waals surface area contributed by atoms with Crippen LogP contribution in [-0.4, -0.2) is 30.0 Å². The quantitative estimate of drug-likeness (QED) is 0.609. The number of ether oxygens (including phenoxy) is 1. The lowest BCUT2D eigenvalue weighted by atomic mass is 9.82. The molecule has 0 bridgehead atoms. The number of rotatable bonds is 7. The summed E-state index contributed by atoms with van der Waals surface area (Å²) in [5.41, 5.74) is 1.85. The lowest BCUT2D eigenvalue weighted by Crippen LogP contribution is -2.34. The molecule has 2 atom stereocenters. The molecular weight excluding hydrogens is 384 g/mol. The van der Waals surface area contributed by atoms with E-state index >= 15 is 0 Å². The number of hydrogen-bond donors (Lipinski definition) is 3. The molecule has 3 rings (SSSR count). The summed E-state index contributed by atoms with van der Waals surface area (Å²) in [5, 5.41) is 14.9. The molecule has 7 heteroatoms. The summed E-state index contributed by atoms with van der Waals surface area (Å²) < 4.78 is 5.35. The third kappa shape index (κ3) is 5.26. The fourth-order valence-electron chi connectivity index (χ4n) is 3.46. The Morgan fingerprint density at radius 1 is 1.00 bits per heavy atom. The van der Waals surface area contributed by atoms with Gasteiger partial charge in [-0.15, -0.1) is 0 Å². The van der Waals surface area contributed by atoms with Crippen LogP contribution in [0.15, 0.2) is 60.7 Å². The van der Waals surface area contributed by atoms with Crippen molar-refractivity contribution in [2.45, 2.75) is 19.3 Å². The Morgan fingerprint density at radius 2 is 1.70 bits per heavy atom. The lowest BCUT2D eigenvalue weighted by Gasteiger charge is -2.24. The van der Waals surface area contributed by atoms with Crippen molar-refractivity contribution in [3.63, 3.8) is 0 Å². The minimum Gasteiger partial charge on any atom is -0.494 e. The van der Waals surface area contributed by atoms with E-state index in [-0.39, 0.29) is 18.2 Å². The summed E-state index contributed by atoms with van der Waals surface area (Å²) in [6.45, 7) is 0. The minimum atomic E-state index is -0.978. The Balaban J connectivity index is 1.67. The van der Waals surface area contributed by atoms with Crippen molar-refractivity contribution < 1.29 is 24.2 Å². The molecule has 1 aliphatic carbocycles. The van der Waals surface area contributed by atoms with E-state index in [1.54, 1.807) is 24.3 Å². The van der Waals surface area contributed by atoms with Crippen molar-refractivity contribution in [1.29, 1.82) is 0 Å². The molecule has 0 unspecified atom stereocenters. The van der Waals surface area contributed by atoms with Gasteiger partial charge in [-0.25, -0.2) is 0 Å². The van der Waals surface area contributed by atoms with E-state index in [1.807, 2.05) is 36.4 Å². The smallest absolute Gasteiger partial charge is 0.307 e. The summed E-state index contributed by atoms with van der Waals surface area (Å²) in [5.74, 6) is -2.50. The Morgan fingerprint density at radius 3 is 2.37 bits per heavy atom. The molecule has 0 saturated heterocycles. The number of anilines is 2. The minimum absolute atomic E-state index is 0.186. The first-order chi connectivity index (χ1) is 14.5. The highest BCUT2D eigenvalue weighted by Gasteiger charge is 2.34. The molecule has 0 heterocycles. The number of methoxy groups -OCH3 is 1. The van der Waals surface area contributed by atoms with Gasteiger partial charge in [-0.05, 0) is 30.5 Å². The maximum atomic E-state index is 12.6. The molecule has 0 fully saturated rings. The van der Waals surface area contributed by atoms with Crippen molar-refractivity contribution in [2.75, 3.05) is 17.7 Å². The van der Waals surface area contributed by atoms with Crippen LogP contribution in [0.4, 0.5) is 11.4 Å². The predicted octanol–water partition coefficient (Wildman–Crippen LogP) is 3.48. The zero-order valence-electron chi connectivity index (χ0n) is 16.6. The van der Waals surface area contributed by atoms with Crippen LogP contribution in [0, 0.1) is 11.8 Å². The van der Waals surface area contributed by atoms with E-state index < -0.39 is 17.8 Å². The molecule has 2 aromatic rings. The third-order valence-electron chi connectivity index (χ3n) is 5.04. The van der Waals surface area contributed by atoms with Crippen LogP contribution in [0.5, 0.6) is 5.75 Å². The number of benzene rings is 2. The molecule has 2 aromatic carbocycles. The van der Waals surface area contributed by atoms with Crippen LogP contribution in [0.2, 0.25) is 0 Å². The van der Waals surface area contributed by atoms with Gasteiger partial charge in [0.05, 0.1) is 31.1 Å². The number of aliphatic carboxylic acids is 1. The maximum absolute atomic E-state index is 12.6. The van der Waals surface area contributed by atoms with Crippen LogP contribution in [0.25, 0.3) is 0 Å². The summed E-state index contributed by atoms with van der Waals surface area (Å²) in [7, 11) is 1.47. The first kappa shape index (κ1) is 21.1. The fourth-order valence-corrected chi connectivity index (χ4v) is 3.46. The zero-order chi connectivity index (χ0) is 21.5. The number of carboxylic acid groups (broad SMARTS) is 1. The molecule has 0 saturated carbocycles. The van der Waals surface area contributed by atoms with Crippen LogP contribution in [0.3, 0.4) is 0 Å². The molecule has 7 nitrogen and oxygen atoms in total. The Hall–Kier alpha value is -3.61. The lowest BCUT2D eigenvalue weighted by molar-refractivity contribution is -0.146. The van der Waals surface area contributed by atoms with Crippen LogP contribution < -0.4 is 15.4 Å². The van der Waals surface area contributed by atoms with Crippen molar-refractivity contribution >= 4 is 29.2 Å². The Bertz CT molecular complexity index is 955. The van der Waals surface area contributed by atoms with Gasteiger partial charge in [0.15, 0.2) is 0 Å². The molecule has 0 aromatic heterocycles. The van der Waals surface area contributed by atoms with E-state index in [4.69, 9.17) is 4.74 Å². The second-order valence-electron chi connectivity index (χ2n) is 7.11. The van der Waals surface area contributed by atoms with Gasteiger partial charge in [0.2, 0.25) is 11.8 Å². The molecule has 1 aliphatic rings. The largest absolute Gasteiger partial charge is 0.494 e. The second-order valence-corrected chi connectivity index (χ2v) is 7.11. The van der Waals surface area contributed by atoms with Gasteiger partial charge >= 0.3 is 5.97 Å². The van der Waals surface area contributed by atoms with Gasteiger partial charge in [-0.1, -0.05) is 42.5 Å². The average molecular weight is 408 g/mol. The highest BCUT2D eigenvalue weighted by atomic mass is 16.5. The number of carboxylic acids is 1. The summed E-state index contributed by atoms with van der Waals surface area (Å²) in [6, 6.07) is 14.3. The Labute approximate surface area is 174 Å². The first-order valence-corrected chi connectivity index (χ1v) is 9.68. The maximum Gasteiger partial charge on any atom is 0.307 e. The van der Waals surface area contributed by atoms with Gasteiger partial charge in [-0.3, -0.25) is 14.4 Å². The number of nitrogens with one attached hydrogen (secondary N) is 2. The number of carbonyl (C=O) groups excluding carboxylic acids is 2. The van der Waals surface area contributed by atoms with Gasteiger partial charge in [0.1, 0.15) is 5.75 Å². The summed E-state index contributed by atoms with van der Waals surface area (Å²) in [6.07, 6.45) is 4.57. The zero-order valence-corrected chi connectivity index (χ0v) is 16.6. The molecule has 30 heavy (non-hydrogen) atoms. The third-order valence-corrected chi connectivity index (χ3v) is 5.04. The highest BCUT2D eigenvalue weighted by Crippen LogP contribution is 2.31. The van der Waals surface area contributed by atoms with E-state index in [1.165, 1.54) is 7.11 Å². The molecule has 3 N–H and O–H groups in total. The van der Waals surface area contributed by atoms with Crippen molar-refractivity contribution in [3.8, 4) is 5.75 Å². The number of allylic oxidation sites excluding steroid dienone is 2. The van der Waals surface area contributed by atoms with Gasteiger partial charge < -0.3 is 20.5 Å². The van der Waals surface area contributed by atoms with Crippen molar-refractivity contribution in [3.05, 3.63) is 66.2 Å². The van der Waals surface area contributed by atoms with E-state index in [0.717, 1.165) is 5.56 Å². The summed E-state index contributed by atoms with van der Waals surface area (Å²) >= 11 is 0. The molecule has 0 spiro atoms. The number of carbonyl (C=O) groups is 3. The van der Waals surface area contributed by atoms with Crippen LogP contribution in [0.1, 0.15) is 18.4 Å².